The summed E-state index contributed by atoms with van der Waals surface area (Å²) in [5.41, 5.74) is 4.31. The number of aromatic nitrogens is 2. The standard InChI is InChI=1S/C30H28N4O4/c1-2-3-13-34-24(23(16-31)33-30(34)20-7-5-4-6-8-20)17-32-29(21-9-11-25-27(14-21)37-18-35-25)22-10-12-26-28(15-22)38-19-36-26/h4-12,14-15,29,32H,2-3,13,17-19H2,1H3. The first-order valence-corrected chi connectivity index (χ1v) is 12.8. The van der Waals surface area contributed by atoms with Gasteiger partial charge < -0.3 is 28.8 Å². The minimum atomic E-state index is -0.208. The average molecular weight is 509 g/mol. The highest BCUT2D eigenvalue weighted by atomic mass is 16.7. The molecule has 0 bridgehead atoms. The fourth-order valence-corrected chi connectivity index (χ4v) is 4.93. The van der Waals surface area contributed by atoms with Crippen LogP contribution in [0.5, 0.6) is 23.0 Å². The zero-order valence-corrected chi connectivity index (χ0v) is 21.1. The topological polar surface area (TPSA) is 90.6 Å². The SMILES string of the molecule is CCCCn1c(-c2ccccc2)nc(C#N)c1CNC(c1ccc2c(c1)OCO2)c1ccc2c(c1)OCO2. The molecule has 8 heteroatoms. The molecule has 0 radical (unpaired) electrons. The van der Waals surface area contributed by atoms with Crippen LogP contribution in [0.15, 0.2) is 66.7 Å². The molecule has 0 spiro atoms. The van der Waals surface area contributed by atoms with Crippen LogP contribution in [0.1, 0.15) is 48.3 Å². The number of benzene rings is 3. The van der Waals surface area contributed by atoms with Crippen LogP contribution in [0.2, 0.25) is 0 Å². The summed E-state index contributed by atoms with van der Waals surface area (Å²) < 4.78 is 24.6. The second-order valence-electron chi connectivity index (χ2n) is 9.25. The Balaban J connectivity index is 1.38. The van der Waals surface area contributed by atoms with Gasteiger partial charge in [-0.15, -0.1) is 0 Å². The Morgan fingerprint density at radius 2 is 1.53 bits per heavy atom. The van der Waals surface area contributed by atoms with Gasteiger partial charge in [-0.1, -0.05) is 55.8 Å². The lowest BCUT2D eigenvalue weighted by atomic mass is 9.97. The molecule has 0 unspecified atom stereocenters. The van der Waals surface area contributed by atoms with E-state index in [0.29, 0.717) is 23.7 Å². The van der Waals surface area contributed by atoms with Crippen LogP contribution in [0.25, 0.3) is 11.4 Å². The molecule has 3 aromatic carbocycles. The van der Waals surface area contributed by atoms with Crippen LogP contribution >= 0.6 is 0 Å². The normalized spacial score (nSPS) is 13.2. The number of nitrogens with one attached hydrogen (secondary N) is 1. The molecule has 0 fully saturated rings. The van der Waals surface area contributed by atoms with Crippen molar-refractivity contribution in [2.24, 2.45) is 0 Å². The molecule has 0 saturated carbocycles. The quantitative estimate of drug-likeness (QED) is 0.317. The highest BCUT2D eigenvalue weighted by Gasteiger charge is 2.24. The number of nitriles is 1. The van der Waals surface area contributed by atoms with Gasteiger partial charge in [-0.3, -0.25) is 0 Å². The molecule has 0 saturated heterocycles. The summed E-state index contributed by atoms with van der Waals surface area (Å²) in [6, 6.07) is 24.1. The molecule has 8 nitrogen and oxygen atoms in total. The van der Waals surface area contributed by atoms with Crippen molar-refractivity contribution in [2.45, 2.75) is 38.9 Å². The summed E-state index contributed by atoms with van der Waals surface area (Å²) in [5, 5.41) is 13.7. The Bertz CT molecular complexity index is 1430. The van der Waals surface area contributed by atoms with Crippen LogP contribution in [0.4, 0.5) is 0 Å². The number of hydrogen-bond donors (Lipinski definition) is 1. The van der Waals surface area contributed by atoms with Gasteiger partial charge in [0.1, 0.15) is 11.9 Å². The first-order valence-electron chi connectivity index (χ1n) is 12.8. The van der Waals surface area contributed by atoms with Crippen molar-refractivity contribution in [3.05, 3.63) is 89.2 Å². The lowest BCUT2D eigenvalue weighted by molar-refractivity contribution is 0.173. The van der Waals surface area contributed by atoms with Crippen molar-refractivity contribution in [2.75, 3.05) is 13.6 Å². The highest BCUT2D eigenvalue weighted by Crippen LogP contribution is 2.39. The first kappa shape index (κ1) is 23.9. The molecule has 2 aliphatic rings. The molecule has 38 heavy (non-hydrogen) atoms. The van der Waals surface area contributed by atoms with E-state index in [1.807, 2.05) is 66.7 Å². The van der Waals surface area contributed by atoms with Crippen molar-refractivity contribution < 1.29 is 18.9 Å². The molecule has 1 aromatic heterocycles. The fourth-order valence-electron chi connectivity index (χ4n) is 4.93. The van der Waals surface area contributed by atoms with Crippen LogP contribution in [0, 0.1) is 11.3 Å². The zero-order chi connectivity index (χ0) is 25.9. The minimum Gasteiger partial charge on any atom is -0.454 e. The Labute approximate surface area is 221 Å². The molecular weight excluding hydrogens is 480 g/mol. The monoisotopic (exact) mass is 508 g/mol. The van der Waals surface area contributed by atoms with E-state index in [9.17, 15) is 5.26 Å². The van der Waals surface area contributed by atoms with Crippen molar-refractivity contribution >= 4 is 0 Å². The number of nitrogens with zero attached hydrogens (tertiary/aromatic N) is 3. The van der Waals surface area contributed by atoms with Crippen molar-refractivity contribution in [3.63, 3.8) is 0 Å². The maximum Gasteiger partial charge on any atom is 0.231 e. The third-order valence-electron chi connectivity index (χ3n) is 6.88. The second kappa shape index (κ2) is 10.5. The van der Waals surface area contributed by atoms with E-state index in [1.165, 1.54) is 0 Å². The minimum absolute atomic E-state index is 0.208. The summed E-state index contributed by atoms with van der Waals surface area (Å²) >= 11 is 0. The molecule has 192 valence electrons. The number of fused-ring (bicyclic) bond motifs is 2. The summed E-state index contributed by atoms with van der Waals surface area (Å²) in [7, 11) is 0. The molecule has 3 heterocycles. The number of rotatable bonds is 9. The Morgan fingerprint density at radius 1 is 0.895 bits per heavy atom. The Hall–Kier alpha value is -4.48. The van der Waals surface area contributed by atoms with Gasteiger partial charge in [0.2, 0.25) is 13.6 Å². The number of hydrogen-bond acceptors (Lipinski definition) is 7. The lowest BCUT2D eigenvalue weighted by Crippen LogP contribution is -2.24. The van der Waals surface area contributed by atoms with Crippen LogP contribution in [0.3, 0.4) is 0 Å². The van der Waals surface area contributed by atoms with Gasteiger partial charge in [-0.2, -0.15) is 5.26 Å². The van der Waals surface area contributed by atoms with Crippen molar-refractivity contribution in [3.8, 4) is 40.5 Å². The van der Waals surface area contributed by atoms with Gasteiger partial charge in [0, 0.05) is 18.7 Å². The lowest BCUT2D eigenvalue weighted by Gasteiger charge is -2.21. The molecular formula is C30H28N4O4. The maximum atomic E-state index is 10.0. The Morgan fingerprint density at radius 3 is 2.13 bits per heavy atom. The van der Waals surface area contributed by atoms with Gasteiger partial charge in [-0.25, -0.2) is 4.98 Å². The number of unbranched alkanes of at least 4 members (excludes halogenated alkanes) is 1. The number of imidazole rings is 1. The van der Waals surface area contributed by atoms with Crippen LogP contribution in [-0.4, -0.2) is 23.1 Å². The van der Waals surface area contributed by atoms with Crippen molar-refractivity contribution in [1.82, 2.24) is 14.9 Å². The molecule has 0 aliphatic carbocycles. The third-order valence-corrected chi connectivity index (χ3v) is 6.88. The number of ether oxygens (including phenoxy) is 4. The van der Waals surface area contributed by atoms with E-state index in [1.54, 1.807) is 0 Å². The second-order valence-corrected chi connectivity index (χ2v) is 9.25. The molecule has 4 aromatic rings. The summed E-state index contributed by atoms with van der Waals surface area (Å²) in [6.45, 7) is 3.82. The van der Waals surface area contributed by atoms with E-state index in [2.05, 4.69) is 22.9 Å². The fraction of sp³-hybridized carbons (Fsp3) is 0.267. The van der Waals surface area contributed by atoms with E-state index in [4.69, 9.17) is 23.9 Å². The highest BCUT2D eigenvalue weighted by molar-refractivity contribution is 5.58. The van der Waals surface area contributed by atoms with Crippen LogP contribution in [-0.2, 0) is 13.1 Å². The van der Waals surface area contributed by atoms with E-state index in [0.717, 1.165) is 59.1 Å². The smallest absolute Gasteiger partial charge is 0.231 e. The largest absolute Gasteiger partial charge is 0.454 e. The van der Waals surface area contributed by atoms with Gasteiger partial charge in [0.15, 0.2) is 28.7 Å². The third kappa shape index (κ3) is 4.53. The predicted molar refractivity (Wildman–Crippen MR) is 141 cm³/mol. The van der Waals surface area contributed by atoms with Crippen LogP contribution < -0.4 is 24.3 Å². The molecule has 1 N–H and O–H groups in total. The van der Waals surface area contributed by atoms with Gasteiger partial charge >= 0.3 is 0 Å². The summed E-state index contributed by atoms with van der Waals surface area (Å²) in [6.07, 6.45) is 2.03. The summed E-state index contributed by atoms with van der Waals surface area (Å²) in [5.74, 6) is 3.71. The molecule has 0 amide bonds. The van der Waals surface area contributed by atoms with Gasteiger partial charge in [0.05, 0.1) is 11.7 Å². The van der Waals surface area contributed by atoms with E-state index >= 15 is 0 Å². The first-order chi connectivity index (χ1) is 18.7. The van der Waals surface area contributed by atoms with E-state index in [-0.39, 0.29) is 19.6 Å². The zero-order valence-electron chi connectivity index (χ0n) is 21.1. The Kier molecular flexibility index (Phi) is 6.59. The average Bonchev–Trinajstić information content (AvgIpc) is 3.70. The molecule has 2 aliphatic heterocycles. The van der Waals surface area contributed by atoms with E-state index < -0.39 is 0 Å². The molecule has 0 atom stereocenters. The van der Waals surface area contributed by atoms with Gasteiger partial charge in [-0.05, 0) is 41.8 Å². The maximum absolute atomic E-state index is 10.0. The van der Waals surface area contributed by atoms with Gasteiger partial charge in [0.25, 0.3) is 0 Å². The van der Waals surface area contributed by atoms with Crippen molar-refractivity contribution in [1.29, 1.82) is 5.26 Å². The predicted octanol–water partition coefficient (Wildman–Crippen LogP) is 5.56. The summed E-state index contributed by atoms with van der Waals surface area (Å²) in [4.78, 5) is 4.76. The molecule has 6 rings (SSSR count).